The highest BCUT2D eigenvalue weighted by Gasteiger charge is 2.29. The number of nitrogens with zero attached hydrogens (tertiary/aromatic N) is 2. The lowest BCUT2D eigenvalue weighted by Gasteiger charge is -2.18. The Labute approximate surface area is 115 Å². The zero-order chi connectivity index (χ0) is 16.4. The van der Waals surface area contributed by atoms with E-state index in [1.807, 2.05) is 0 Å². The predicted octanol–water partition coefficient (Wildman–Crippen LogP) is 2.90. The molecule has 0 N–H and O–H groups in total. The number of hydrogen-bond donors (Lipinski definition) is 0. The normalized spacial score (nSPS) is 11.3. The molecule has 0 aliphatic heterocycles. The molecule has 0 heterocycles. The van der Waals surface area contributed by atoms with Gasteiger partial charge in [-0.05, 0) is 6.07 Å². The maximum atomic E-state index is 13.5. The fourth-order valence-corrected chi connectivity index (χ4v) is 1.44. The van der Waals surface area contributed by atoms with Crippen LogP contribution in [0, 0.1) is 21.7 Å². The van der Waals surface area contributed by atoms with E-state index in [-0.39, 0.29) is 6.07 Å². The van der Waals surface area contributed by atoms with Crippen molar-refractivity contribution < 1.29 is 31.7 Å². The molecule has 1 aromatic rings. The minimum Gasteiger partial charge on any atom is -0.341 e. The number of alkyl halides is 3. The summed E-state index contributed by atoms with van der Waals surface area (Å²) in [7, 11) is 0.979. The molecule has 10 heteroatoms. The lowest BCUT2D eigenvalue weighted by atomic mass is 10.1. The molecule has 0 bridgehead atoms. The number of nitro groups is 1. The molecule has 21 heavy (non-hydrogen) atoms. The fraction of sp³-hybridized carbons (Fsp3) is 0.364. The van der Waals surface area contributed by atoms with E-state index >= 15 is 0 Å². The van der Waals surface area contributed by atoms with Gasteiger partial charge in [-0.3, -0.25) is 14.9 Å². The average Bonchev–Trinajstić information content (AvgIpc) is 2.36. The molecule has 0 fully saturated rings. The maximum absolute atomic E-state index is 13.5. The molecule has 0 aliphatic carbocycles. The van der Waals surface area contributed by atoms with E-state index in [4.69, 9.17) is 0 Å². The number of amides is 1. The van der Waals surface area contributed by atoms with Crippen LogP contribution in [0.1, 0.15) is 16.8 Å². The molecule has 0 saturated heterocycles. The molecule has 0 spiro atoms. The predicted molar refractivity (Wildman–Crippen MR) is 60.6 cm³/mol. The van der Waals surface area contributed by atoms with Crippen LogP contribution in [0.3, 0.4) is 0 Å². The molecule has 116 valence electrons. The molecule has 1 rings (SSSR count). The van der Waals surface area contributed by atoms with Gasteiger partial charge in [-0.2, -0.15) is 17.6 Å². The Balaban J connectivity index is 2.97. The van der Waals surface area contributed by atoms with Gasteiger partial charge < -0.3 is 4.90 Å². The van der Waals surface area contributed by atoms with E-state index in [0.717, 1.165) is 7.05 Å². The van der Waals surface area contributed by atoms with Crippen molar-refractivity contribution in [3.8, 4) is 0 Å². The zero-order valence-corrected chi connectivity index (χ0v) is 10.6. The van der Waals surface area contributed by atoms with Gasteiger partial charge in [0.1, 0.15) is 5.82 Å². The van der Waals surface area contributed by atoms with Gasteiger partial charge in [0.25, 0.3) is 5.91 Å². The summed E-state index contributed by atoms with van der Waals surface area (Å²) in [5.41, 5.74) is -2.04. The van der Waals surface area contributed by atoms with Crippen molar-refractivity contribution in [3.05, 3.63) is 39.4 Å². The van der Waals surface area contributed by atoms with E-state index in [0.29, 0.717) is 11.0 Å². The van der Waals surface area contributed by atoms with Crippen LogP contribution in [0.25, 0.3) is 0 Å². The third-order valence-electron chi connectivity index (χ3n) is 2.54. The van der Waals surface area contributed by atoms with Crippen molar-refractivity contribution in [1.82, 2.24) is 4.90 Å². The standard InChI is InChI=1S/C11H9F5N2O3/c1-17(3-2-11(14,15)16)10(19)6-4-8(13)9(18(20)21)5-7(6)12/h4-5H,2-3H2,1H3. The summed E-state index contributed by atoms with van der Waals surface area (Å²) in [6.45, 7) is -0.750. The third-order valence-corrected chi connectivity index (χ3v) is 2.54. The van der Waals surface area contributed by atoms with Crippen molar-refractivity contribution in [2.24, 2.45) is 0 Å². The average molecular weight is 312 g/mol. The van der Waals surface area contributed by atoms with Crippen molar-refractivity contribution in [3.63, 3.8) is 0 Å². The van der Waals surface area contributed by atoms with Gasteiger partial charge in [0.05, 0.1) is 23.0 Å². The van der Waals surface area contributed by atoms with Crippen molar-refractivity contribution >= 4 is 11.6 Å². The van der Waals surface area contributed by atoms with Crippen LogP contribution in [0.4, 0.5) is 27.6 Å². The molecule has 0 aromatic heterocycles. The van der Waals surface area contributed by atoms with Crippen LogP contribution < -0.4 is 0 Å². The number of hydrogen-bond acceptors (Lipinski definition) is 3. The molecule has 0 unspecified atom stereocenters. The molecule has 1 amide bonds. The van der Waals surface area contributed by atoms with Crippen LogP contribution in [-0.2, 0) is 0 Å². The monoisotopic (exact) mass is 312 g/mol. The number of rotatable bonds is 4. The summed E-state index contributed by atoms with van der Waals surface area (Å²) in [4.78, 5) is 21.5. The van der Waals surface area contributed by atoms with Gasteiger partial charge in [-0.15, -0.1) is 0 Å². The zero-order valence-electron chi connectivity index (χ0n) is 10.6. The van der Waals surface area contributed by atoms with Crippen LogP contribution in [0.2, 0.25) is 0 Å². The van der Waals surface area contributed by atoms with Crippen LogP contribution in [0.5, 0.6) is 0 Å². The second-order valence-corrected chi connectivity index (χ2v) is 4.13. The lowest BCUT2D eigenvalue weighted by Crippen LogP contribution is -2.31. The first-order chi connectivity index (χ1) is 9.53. The SMILES string of the molecule is CN(CCC(F)(F)F)C(=O)c1cc(F)c([N+](=O)[O-])cc1F. The highest BCUT2D eigenvalue weighted by molar-refractivity contribution is 5.94. The Morgan fingerprint density at radius 2 is 1.86 bits per heavy atom. The number of carbonyl (C=O) groups is 1. The molecular formula is C11H9F5N2O3. The van der Waals surface area contributed by atoms with Gasteiger partial charge in [0.15, 0.2) is 0 Å². The lowest BCUT2D eigenvalue weighted by molar-refractivity contribution is -0.387. The molecule has 5 nitrogen and oxygen atoms in total. The summed E-state index contributed by atoms with van der Waals surface area (Å²) in [6, 6.07) is 0.500. The van der Waals surface area contributed by atoms with E-state index in [1.165, 1.54) is 0 Å². The van der Waals surface area contributed by atoms with Crippen LogP contribution in [0.15, 0.2) is 12.1 Å². The summed E-state index contributed by atoms with van der Waals surface area (Å²) in [5.74, 6) is -4.04. The number of halogens is 5. The van der Waals surface area contributed by atoms with Gasteiger partial charge in [-0.1, -0.05) is 0 Å². The molecule has 0 saturated carbocycles. The van der Waals surface area contributed by atoms with Gasteiger partial charge in [0, 0.05) is 13.6 Å². The smallest absolute Gasteiger partial charge is 0.341 e. The summed E-state index contributed by atoms with van der Waals surface area (Å²) >= 11 is 0. The van der Waals surface area contributed by atoms with Crippen molar-refractivity contribution in [2.45, 2.75) is 12.6 Å². The fourth-order valence-electron chi connectivity index (χ4n) is 1.44. The van der Waals surface area contributed by atoms with Crippen LogP contribution >= 0.6 is 0 Å². The van der Waals surface area contributed by atoms with E-state index < -0.39 is 52.9 Å². The molecule has 0 radical (unpaired) electrons. The topological polar surface area (TPSA) is 63.5 Å². The second kappa shape index (κ2) is 6.02. The summed E-state index contributed by atoms with van der Waals surface area (Å²) in [5, 5.41) is 10.4. The number of nitro benzene ring substituents is 1. The second-order valence-electron chi connectivity index (χ2n) is 4.13. The Morgan fingerprint density at radius 1 is 1.29 bits per heavy atom. The van der Waals surface area contributed by atoms with Crippen molar-refractivity contribution in [1.29, 1.82) is 0 Å². The van der Waals surface area contributed by atoms with Gasteiger partial charge >= 0.3 is 11.9 Å². The quantitative estimate of drug-likeness (QED) is 0.488. The van der Waals surface area contributed by atoms with E-state index in [2.05, 4.69) is 0 Å². The Bertz CT molecular complexity index is 574. The molecular weight excluding hydrogens is 303 g/mol. The number of carbonyl (C=O) groups excluding carboxylic acids is 1. The largest absolute Gasteiger partial charge is 0.390 e. The molecule has 0 atom stereocenters. The minimum atomic E-state index is -4.51. The number of benzene rings is 1. The Morgan fingerprint density at radius 3 is 2.33 bits per heavy atom. The Kier molecular flexibility index (Phi) is 4.81. The van der Waals surface area contributed by atoms with Crippen LogP contribution in [-0.4, -0.2) is 35.5 Å². The molecule has 0 aliphatic rings. The van der Waals surface area contributed by atoms with Gasteiger partial charge in [-0.25, -0.2) is 4.39 Å². The third kappa shape index (κ3) is 4.36. The summed E-state index contributed by atoms with van der Waals surface area (Å²) < 4.78 is 62.9. The first-order valence-corrected chi connectivity index (χ1v) is 5.48. The first kappa shape index (κ1) is 16.8. The van der Waals surface area contributed by atoms with Crippen molar-refractivity contribution in [2.75, 3.05) is 13.6 Å². The first-order valence-electron chi connectivity index (χ1n) is 5.48. The Hall–Kier alpha value is -2.26. The summed E-state index contributed by atoms with van der Waals surface area (Å²) in [6.07, 6.45) is -5.82. The van der Waals surface area contributed by atoms with Gasteiger partial charge in [0.2, 0.25) is 5.82 Å². The van der Waals surface area contributed by atoms with E-state index in [9.17, 15) is 36.9 Å². The molecule has 1 aromatic carbocycles. The maximum Gasteiger partial charge on any atom is 0.390 e. The highest BCUT2D eigenvalue weighted by Crippen LogP contribution is 2.23. The van der Waals surface area contributed by atoms with E-state index in [1.54, 1.807) is 0 Å². The highest BCUT2D eigenvalue weighted by atomic mass is 19.4. The minimum absolute atomic E-state index is 0.208.